The number of aromatic nitrogens is 1. The third-order valence-corrected chi connectivity index (χ3v) is 2.53. The minimum Gasteiger partial charge on any atom is -0.455 e. The number of rotatable bonds is 4. The minimum atomic E-state index is -0.497. The molecule has 88 valence electrons. The SMILES string of the molecule is CC[C@@H](O)c1ccccc1Oc1cccnc1. The van der Waals surface area contributed by atoms with Gasteiger partial charge in [0.15, 0.2) is 0 Å². The maximum Gasteiger partial charge on any atom is 0.145 e. The Balaban J connectivity index is 2.27. The lowest BCUT2D eigenvalue weighted by atomic mass is 10.1. The van der Waals surface area contributed by atoms with Crippen LogP contribution in [0, 0.1) is 0 Å². The molecule has 2 aromatic rings. The number of para-hydroxylation sites is 1. The average Bonchev–Trinajstić information content (AvgIpc) is 2.40. The third kappa shape index (κ3) is 2.82. The molecule has 0 radical (unpaired) electrons. The van der Waals surface area contributed by atoms with Crippen LogP contribution < -0.4 is 4.74 Å². The number of aliphatic hydroxyl groups excluding tert-OH is 1. The van der Waals surface area contributed by atoms with Gasteiger partial charge >= 0.3 is 0 Å². The van der Waals surface area contributed by atoms with Crippen LogP contribution in [0.4, 0.5) is 0 Å². The topological polar surface area (TPSA) is 42.4 Å². The van der Waals surface area contributed by atoms with Crippen molar-refractivity contribution in [1.29, 1.82) is 0 Å². The van der Waals surface area contributed by atoms with Crippen molar-refractivity contribution in [2.24, 2.45) is 0 Å². The second-order valence-electron chi connectivity index (χ2n) is 3.75. The lowest BCUT2D eigenvalue weighted by molar-refractivity contribution is 0.170. The Morgan fingerprint density at radius 2 is 2.06 bits per heavy atom. The van der Waals surface area contributed by atoms with Crippen molar-refractivity contribution in [2.75, 3.05) is 0 Å². The van der Waals surface area contributed by atoms with Gasteiger partial charge in [-0.3, -0.25) is 4.98 Å². The van der Waals surface area contributed by atoms with Crippen LogP contribution in [0.2, 0.25) is 0 Å². The molecule has 0 spiro atoms. The summed E-state index contributed by atoms with van der Waals surface area (Å²) in [6.07, 6.45) is 3.50. The van der Waals surface area contributed by atoms with Gasteiger partial charge in [-0.2, -0.15) is 0 Å². The summed E-state index contributed by atoms with van der Waals surface area (Å²) in [6.45, 7) is 1.94. The lowest BCUT2D eigenvalue weighted by Crippen LogP contribution is -1.98. The molecule has 2 rings (SSSR count). The zero-order chi connectivity index (χ0) is 12.1. The molecule has 1 aromatic heterocycles. The van der Waals surface area contributed by atoms with Crippen molar-refractivity contribution < 1.29 is 9.84 Å². The highest BCUT2D eigenvalue weighted by molar-refractivity contribution is 5.38. The number of hydrogen-bond acceptors (Lipinski definition) is 3. The predicted molar refractivity (Wildman–Crippen MR) is 66.0 cm³/mol. The van der Waals surface area contributed by atoms with Crippen LogP contribution in [-0.4, -0.2) is 10.1 Å². The van der Waals surface area contributed by atoms with E-state index in [-0.39, 0.29) is 0 Å². The average molecular weight is 229 g/mol. The number of nitrogens with zero attached hydrogens (tertiary/aromatic N) is 1. The van der Waals surface area contributed by atoms with E-state index in [9.17, 15) is 5.11 Å². The summed E-state index contributed by atoms with van der Waals surface area (Å²) in [5.41, 5.74) is 0.804. The molecule has 1 aromatic carbocycles. The first-order chi connectivity index (χ1) is 8.31. The fraction of sp³-hybridized carbons (Fsp3) is 0.214. The Morgan fingerprint density at radius 3 is 2.76 bits per heavy atom. The highest BCUT2D eigenvalue weighted by Crippen LogP contribution is 2.30. The van der Waals surface area contributed by atoms with E-state index in [1.54, 1.807) is 12.4 Å². The molecule has 17 heavy (non-hydrogen) atoms. The maximum absolute atomic E-state index is 9.89. The number of aliphatic hydroxyl groups is 1. The Kier molecular flexibility index (Phi) is 3.73. The molecule has 3 nitrogen and oxygen atoms in total. The van der Waals surface area contributed by atoms with Gasteiger partial charge in [0, 0.05) is 11.8 Å². The van der Waals surface area contributed by atoms with E-state index >= 15 is 0 Å². The van der Waals surface area contributed by atoms with Crippen molar-refractivity contribution in [2.45, 2.75) is 19.4 Å². The van der Waals surface area contributed by atoms with Crippen molar-refractivity contribution in [3.05, 3.63) is 54.4 Å². The molecule has 3 heteroatoms. The monoisotopic (exact) mass is 229 g/mol. The summed E-state index contributed by atoms with van der Waals surface area (Å²) < 4.78 is 5.71. The molecule has 0 bridgehead atoms. The maximum atomic E-state index is 9.89. The second-order valence-corrected chi connectivity index (χ2v) is 3.75. The number of hydrogen-bond donors (Lipinski definition) is 1. The molecule has 0 aliphatic carbocycles. The highest BCUT2D eigenvalue weighted by Gasteiger charge is 2.11. The first kappa shape index (κ1) is 11.6. The highest BCUT2D eigenvalue weighted by atomic mass is 16.5. The summed E-state index contributed by atoms with van der Waals surface area (Å²) in [4.78, 5) is 3.99. The largest absolute Gasteiger partial charge is 0.455 e. The van der Waals surface area contributed by atoms with Gasteiger partial charge in [-0.15, -0.1) is 0 Å². The standard InChI is InChI=1S/C14H15NO2/c1-2-13(16)12-7-3-4-8-14(12)17-11-6-5-9-15-10-11/h3-10,13,16H,2H2,1H3/t13-/m1/s1. The summed E-state index contributed by atoms with van der Waals surface area (Å²) in [6, 6.07) is 11.2. The van der Waals surface area contributed by atoms with Crippen LogP contribution in [0.5, 0.6) is 11.5 Å². The summed E-state index contributed by atoms with van der Waals surface area (Å²) >= 11 is 0. The van der Waals surface area contributed by atoms with Crippen LogP contribution in [0.1, 0.15) is 25.0 Å². The van der Waals surface area contributed by atoms with Crippen molar-refractivity contribution >= 4 is 0 Å². The molecular formula is C14H15NO2. The van der Waals surface area contributed by atoms with Gasteiger partial charge < -0.3 is 9.84 Å². The van der Waals surface area contributed by atoms with Gasteiger partial charge in [-0.05, 0) is 24.6 Å². The van der Waals surface area contributed by atoms with Gasteiger partial charge in [0.05, 0.1) is 12.3 Å². The van der Waals surface area contributed by atoms with Crippen LogP contribution in [0.3, 0.4) is 0 Å². The summed E-state index contributed by atoms with van der Waals surface area (Å²) in [7, 11) is 0. The van der Waals surface area contributed by atoms with E-state index in [1.807, 2.05) is 43.3 Å². The van der Waals surface area contributed by atoms with Crippen LogP contribution in [-0.2, 0) is 0 Å². The van der Waals surface area contributed by atoms with E-state index in [0.717, 1.165) is 5.56 Å². The molecule has 0 saturated carbocycles. The molecule has 0 amide bonds. The zero-order valence-corrected chi connectivity index (χ0v) is 9.71. The van der Waals surface area contributed by atoms with Gasteiger partial charge in [0.2, 0.25) is 0 Å². The van der Waals surface area contributed by atoms with E-state index in [2.05, 4.69) is 4.98 Å². The molecule has 0 aliphatic heterocycles. The summed E-state index contributed by atoms with van der Waals surface area (Å²) in [5, 5.41) is 9.89. The third-order valence-electron chi connectivity index (χ3n) is 2.53. The van der Waals surface area contributed by atoms with Crippen molar-refractivity contribution in [3.8, 4) is 11.5 Å². The van der Waals surface area contributed by atoms with Gasteiger partial charge in [-0.25, -0.2) is 0 Å². The summed E-state index contributed by atoms with van der Waals surface area (Å²) in [5.74, 6) is 1.35. The molecule has 1 atom stereocenters. The smallest absolute Gasteiger partial charge is 0.145 e. The quantitative estimate of drug-likeness (QED) is 0.874. The number of benzene rings is 1. The predicted octanol–water partition coefficient (Wildman–Crippen LogP) is 3.32. The van der Waals surface area contributed by atoms with Crippen LogP contribution >= 0.6 is 0 Å². The molecule has 0 fully saturated rings. The molecule has 1 N–H and O–H groups in total. The Bertz CT molecular complexity index is 471. The zero-order valence-electron chi connectivity index (χ0n) is 9.71. The fourth-order valence-corrected chi connectivity index (χ4v) is 1.60. The van der Waals surface area contributed by atoms with Crippen LogP contribution in [0.25, 0.3) is 0 Å². The Morgan fingerprint density at radius 1 is 1.24 bits per heavy atom. The van der Waals surface area contributed by atoms with Crippen molar-refractivity contribution in [1.82, 2.24) is 4.98 Å². The van der Waals surface area contributed by atoms with Gasteiger partial charge in [-0.1, -0.05) is 25.1 Å². The fourth-order valence-electron chi connectivity index (χ4n) is 1.60. The number of pyridine rings is 1. The van der Waals surface area contributed by atoms with Gasteiger partial charge in [0.1, 0.15) is 11.5 Å². The Labute approximate surface area is 101 Å². The van der Waals surface area contributed by atoms with E-state index in [1.165, 1.54) is 0 Å². The Hall–Kier alpha value is -1.87. The molecule has 0 aliphatic rings. The van der Waals surface area contributed by atoms with Crippen molar-refractivity contribution in [3.63, 3.8) is 0 Å². The molecule has 1 heterocycles. The first-order valence-corrected chi connectivity index (χ1v) is 5.66. The number of ether oxygens (including phenoxy) is 1. The first-order valence-electron chi connectivity index (χ1n) is 5.66. The molecular weight excluding hydrogens is 214 g/mol. The van der Waals surface area contributed by atoms with E-state index < -0.39 is 6.10 Å². The molecule has 0 unspecified atom stereocenters. The van der Waals surface area contributed by atoms with Crippen LogP contribution in [0.15, 0.2) is 48.8 Å². The lowest BCUT2D eigenvalue weighted by Gasteiger charge is -2.14. The minimum absolute atomic E-state index is 0.497. The van der Waals surface area contributed by atoms with E-state index in [4.69, 9.17) is 4.74 Å². The normalized spacial score (nSPS) is 12.1. The van der Waals surface area contributed by atoms with E-state index in [0.29, 0.717) is 17.9 Å². The van der Waals surface area contributed by atoms with Gasteiger partial charge in [0.25, 0.3) is 0 Å². The molecule has 0 saturated heterocycles. The second kappa shape index (κ2) is 5.46.